The van der Waals surface area contributed by atoms with Gasteiger partial charge in [-0.2, -0.15) is 0 Å². The van der Waals surface area contributed by atoms with E-state index in [0.717, 1.165) is 16.8 Å². The van der Waals surface area contributed by atoms with Crippen molar-refractivity contribution in [3.63, 3.8) is 0 Å². The molecule has 3 N–H and O–H groups in total. The van der Waals surface area contributed by atoms with Crippen molar-refractivity contribution in [1.82, 2.24) is 4.98 Å². The van der Waals surface area contributed by atoms with Crippen LogP contribution in [0.15, 0.2) is 36.4 Å². The van der Waals surface area contributed by atoms with Gasteiger partial charge in [-0.3, -0.25) is 4.79 Å². The average Bonchev–Trinajstić information content (AvgIpc) is 2.93. The number of carbonyl (C=O) groups is 1. The Kier molecular flexibility index (Phi) is 4.59. The standard InChI is InChI=1S/C20H21N3OS/c1-11-5-7-15(8-6-11)22-20-23-19(21)18(25-20)17(24)16-10-13(3)12(2)9-14(16)4/h5-10H,21H2,1-4H3,(H,22,23). The molecule has 1 aromatic heterocycles. The normalized spacial score (nSPS) is 10.7. The number of hydrogen-bond donors (Lipinski definition) is 2. The summed E-state index contributed by atoms with van der Waals surface area (Å²) in [7, 11) is 0. The Labute approximate surface area is 151 Å². The maximum atomic E-state index is 12.9. The number of anilines is 3. The Morgan fingerprint density at radius 2 is 1.64 bits per heavy atom. The first-order valence-corrected chi connectivity index (χ1v) is 8.89. The van der Waals surface area contributed by atoms with Gasteiger partial charge >= 0.3 is 0 Å². The van der Waals surface area contributed by atoms with Crippen LogP contribution in [-0.2, 0) is 0 Å². The first-order chi connectivity index (χ1) is 11.8. The van der Waals surface area contributed by atoms with E-state index in [9.17, 15) is 4.79 Å². The first kappa shape index (κ1) is 17.2. The first-order valence-electron chi connectivity index (χ1n) is 8.07. The lowest BCUT2D eigenvalue weighted by Crippen LogP contribution is -2.05. The molecule has 0 aliphatic heterocycles. The summed E-state index contributed by atoms with van der Waals surface area (Å²) in [5.74, 6) is 0.190. The molecular weight excluding hydrogens is 330 g/mol. The number of nitrogens with zero attached hydrogens (tertiary/aromatic N) is 1. The maximum Gasteiger partial charge on any atom is 0.207 e. The van der Waals surface area contributed by atoms with Crippen molar-refractivity contribution in [3.8, 4) is 0 Å². The van der Waals surface area contributed by atoms with Crippen LogP contribution >= 0.6 is 11.3 Å². The van der Waals surface area contributed by atoms with Crippen molar-refractivity contribution in [2.24, 2.45) is 0 Å². The van der Waals surface area contributed by atoms with Gasteiger partial charge in [-0.1, -0.05) is 35.1 Å². The van der Waals surface area contributed by atoms with Gasteiger partial charge in [0.1, 0.15) is 10.7 Å². The van der Waals surface area contributed by atoms with Gasteiger partial charge in [0, 0.05) is 11.3 Å². The summed E-state index contributed by atoms with van der Waals surface area (Å²) in [4.78, 5) is 17.7. The van der Waals surface area contributed by atoms with Gasteiger partial charge in [-0.05, 0) is 62.6 Å². The number of nitrogens with one attached hydrogen (secondary N) is 1. The minimum absolute atomic E-state index is 0.0763. The van der Waals surface area contributed by atoms with E-state index in [4.69, 9.17) is 5.73 Å². The molecule has 2 aromatic carbocycles. The number of aromatic nitrogens is 1. The molecule has 3 aromatic rings. The van der Waals surface area contributed by atoms with Crippen molar-refractivity contribution >= 4 is 33.8 Å². The molecule has 0 radical (unpaired) electrons. The number of rotatable bonds is 4. The lowest BCUT2D eigenvalue weighted by Gasteiger charge is -2.08. The zero-order valence-corrected chi connectivity index (χ0v) is 15.6. The van der Waals surface area contributed by atoms with E-state index in [1.807, 2.05) is 64.1 Å². The van der Waals surface area contributed by atoms with Crippen LogP contribution in [0.2, 0.25) is 0 Å². The Balaban J connectivity index is 1.91. The third-order valence-electron chi connectivity index (χ3n) is 4.25. The zero-order chi connectivity index (χ0) is 18.1. The van der Waals surface area contributed by atoms with Crippen LogP contribution in [0.1, 0.15) is 37.5 Å². The lowest BCUT2D eigenvalue weighted by atomic mass is 9.97. The molecule has 0 fully saturated rings. The number of carbonyl (C=O) groups excluding carboxylic acids is 1. The third kappa shape index (κ3) is 3.56. The number of nitrogens with two attached hydrogens (primary N) is 1. The van der Waals surface area contributed by atoms with Gasteiger partial charge in [0.2, 0.25) is 5.78 Å². The summed E-state index contributed by atoms with van der Waals surface area (Å²) < 4.78 is 0. The maximum absolute atomic E-state index is 12.9. The van der Waals surface area contributed by atoms with Crippen LogP contribution < -0.4 is 11.1 Å². The Hall–Kier alpha value is -2.66. The molecule has 0 aliphatic carbocycles. The Morgan fingerprint density at radius 3 is 2.32 bits per heavy atom. The molecule has 5 heteroatoms. The number of nitrogen functional groups attached to an aromatic ring is 1. The van der Waals surface area contributed by atoms with Gasteiger partial charge in [0.25, 0.3) is 0 Å². The van der Waals surface area contributed by atoms with Crippen LogP contribution in [0.5, 0.6) is 0 Å². The predicted octanol–water partition coefficient (Wildman–Crippen LogP) is 4.93. The smallest absolute Gasteiger partial charge is 0.207 e. The molecule has 0 bridgehead atoms. The van der Waals surface area contributed by atoms with E-state index < -0.39 is 0 Å². The van der Waals surface area contributed by atoms with Gasteiger partial charge in [-0.25, -0.2) is 4.98 Å². The zero-order valence-electron chi connectivity index (χ0n) is 14.8. The van der Waals surface area contributed by atoms with Crippen molar-refractivity contribution in [3.05, 3.63) is 69.1 Å². The summed E-state index contributed by atoms with van der Waals surface area (Å²) in [6.07, 6.45) is 0. The van der Waals surface area contributed by atoms with Crippen molar-refractivity contribution in [1.29, 1.82) is 0 Å². The highest BCUT2D eigenvalue weighted by molar-refractivity contribution is 7.18. The minimum atomic E-state index is -0.0763. The number of thiazole rings is 1. The van der Waals surface area contributed by atoms with Gasteiger partial charge < -0.3 is 11.1 Å². The molecule has 0 aliphatic rings. The monoisotopic (exact) mass is 351 g/mol. The molecule has 25 heavy (non-hydrogen) atoms. The second-order valence-electron chi connectivity index (χ2n) is 6.30. The fourth-order valence-electron chi connectivity index (χ4n) is 2.64. The highest BCUT2D eigenvalue weighted by Gasteiger charge is 2.20. The summed E-state index contributed by atoms with van der Waals surface area (Å²) in [5, 5.41) is 3.83. The van der Waals surface area contributed by atoms with Crippen LogP contribution in [-0.4, -0.2) is 10.8 Å². The largest absolute Gasteiger partial charge is 0.382 e. The van der Waals surface area contributed by atoms with E-state index in [1.54, 1.807) is 0 Å². The van der Waals surface area contributed by atoms with Crippen molar-refractivity contribution in [2.45, 2.75) is 27.7 Å². The summed E-state index contributed by atoms with van der Waals surface area (Å²) in [6, 6.07) is 11.9. The molecule has 1 heterocycles. The summed E-state index contributed by atoms with van der Waals surface area (Å²) >= 11 is 1.28. The fraction of sp³-hybridized carbons (Fsp3) is 0.200. The number of aryl methyl sites for hydroxylation is 4. The Morgan fingerprint density at radius 1 is 1.00 bits per heavy atom. The molecule has 3 rings (SSSR count). The van der Waals surface area contributed by atoms with Crippen molar-refractivity contribution < 1.29 is 4.79 Å². The van der Waals surface area contributed by atoms with Gasteiger partial charge in [0.05, 0.1) is 0 Å². The second kappa shape index (κ2) is 6.69. The van der Waals surface area contributed by atoms with Crippen LogP contribution in [0.3, 0.4) is 0 Å². The number of ketones is 1. The summed E-state index contributed by atoms with van der Waals surface area (Å²) in [5.41, 5.74) is 12.0. The van der Waals surface area contributed by atoms with Crippen molar-refractivity contribution in [2.75, 3.05) is 11.1 Å². The highest BCUT2D eigenvalue weighted by atomic mass is 32.1. The molecule has 4 nitrogen and oxygen atoms in total. The van der Waals surface area contributed by atoms with Gasteiger partial charge in [-0.15, -0.1) is 0 Å². The molecule has 0 saturated heterocycles. The van der Waals surface area contributed by atoms with E-state index >= 15 is 0 Å². The van der Waals surface area contributed by atoms with Crippen LogP contribution in [0, 0.1) is 27.7 Å². The number of benzene rings is 2. The third-order valence-corrected chi connectivity index (χ3v) is 5.23. The molecule has 0 unspecified atom stereocenters. The molecular formula is C20H21N3OS. The molecule has 0 saturated carbocycles. The Bertz CT molecular complexity index is 942. The van der Waals surface area contributed by atoms with E-state index in [1.165, 1.54) is 22.5 Å². The SMILES string of the molecule is Cc1ccc(Nc2nc(N)c(C(=O)c3cc(C)c(C)cc3C)s2)cc1. The fourth-order valence-corrected chi connectivity index (χ4v) is 3.50. The molecule has 128 valence electrons. The molecule has 0 spiro atoms. The van der Waals surface area contributed by atoms with E-state index in [0.29, 0.717) is 15.6 Å². The molecule has 0 atom stereocenters. The van der Waals surface area contributed by atoms with Crippen LogP contribution in [0.25, 0.3) is 0 Å². The summed E-state index contributed by atoms with van der Waals surface area (Å²) in [6.45, 7) is 8.03. The molecule has 0 amide bonds. The highest BCUT2D eigenvalue weighted by Crippen LogP contribution is 2.31. The minimum Gasteiger partial charge on any atom is -0.382 e. The lowest BCUT2D eigenvalue weighted by molar-refractivity contribution is 0.104. The van der Waals surface area contributed by atoms with E-state index in [-0.39, 0.29) is 11.6 Å². The second-order valence-corrected chi connectivity index (χ2v) is 7.30. The van der Waals surface area contributed by atoms with E-state index in [2.05, 4.69) is 10.3 Å². The topological polar surface area (TPSA) is 68.0 Å². The predicted molar refractivity (Wildman–Crippen MR) is 105 cm³/mol. The quantitative estimate of drug-likeness (QED) is 0.654. The number of hydrogen-bond acceptors (Lipinski definition) is 5. The average molecular weight is 351 g/mol. The van der Waals surface area contributed by atoms with Gasteiger partial charge in [0.15, 0.2) is 5.13 Å². The van der Waals surface area contributed by atoms with Crippen LogP contribution in [0.4, 0.5) is 16.6 Å².